The Balaban J connectivity index is 2.75. The van der Waals surface area contributed by atoms with Gasteiger partial charge >= 0.3 is 6.80 Å². The predicted molar refractivity (Wildman–Crippen MR) is 74.2 cm³/mol. The van der Waals surface area contributed by atoms with E-state index in [0.29, 0.717) is 24.0 Å². The molecule has 0 amide bonds. The molecule has 0 bridgehead atoms. The fourth-order valence-electron chi connectivity index (χ4n) is 1.20. The lowest BCUT2D eigenvalue weighted by Crippen LogP contribution is -1.96. The quantitative estimate of drug-likeness (QED) is 0.548. The van der Waals surface area contributed by atoms with E-state index in [-0.39, 0.29) is 0 Å². The van der Waals surface area contributed by atoms with E-state index in [2.05, 4.69) is 0 Å². The lowest BCUT2D eigenvalue weighted by Gasteiger charge is -2.17. The summed E-state index contributed by atoms with van der Waals surface area (Å²) in [5.41, 5.74) is 1.05. The third kappa shape index (κ3) is 5.35. The van der Waals surface area contributed by atoms with Crippen LogP contribution in [0.2, 0.25) is 0 Å². The second-order valence-electron chi connectivity index (χ2n) is 3.29. The van der Waals surface area contributed by atoms with Gasteiger partial charge in [0.15, 0.2) is 0 Å². The SMILES string of the molecule is CCOP(=O)(Oc1cccc(C)c1)SCCCl. The molecule has 0 saturated carbocycles. The molecule has 0 aliphatic rings. The zero-order valence-electron chi connectivity index (χ0n) is 9.89. The minimum absolute atomic E-state index is 0.346. The zero-order valence-corrected chi connectivity index (χ0v) is 12.4. The van der Waals surface area contributed by atoms with Crippen LogP contribution < -0.4 is 4.52 Å². The summed E-state index contributed by atoms with van der Waals surface area (Å²) in [5.74, 6) is 1.51. The smallest absolute Gasteiger partial charge is 0.417 e. The molecule has 1 aromatic carbocycles. The van der Waals surface area contributed by atoms with E-state index in [1.807, 2.05) is 25.1 Å². The van der Waals surface area contributed by atoms with Crippen LogP contribution in [0.15, 0.2) is 24.3 Å². The standard InChI is InChI=1S/C11H16ClO3PS/c1-3-14-16(13,17-8-7-12)15-11-6-4-5-10(2)9-11/h4-6,9H,3,7-8H2,1-2H3. The molecule has 1 rings (SSSR count). The number of hydrogen-bond acceptors (Lipinski definition) is 4. The summed E-state index contributed by atoms with van der Waals surface area (Å²) in [7, 11) is 0. The third-order valence-electron chi connectivity index (χ3n) is 1.82. The maximum Gasteiger partial charge on any atom is 0.440 e. The molecule has 0 fully saturated rings. The van der Waals surface area contributed by atoms with E-state index in [0.717, 1.165) is 16.9 Å². The van der Waals surface area contributed by atoms with E-state index < -0.39 is 6.80 Å². The van der Waals surface area contributed by atoms with Gasteiger partial charge in [0.2, 0.25) is 0 Å². The fourth-order valence-corrected chi connectivity index (χ4v) is 4.81. The van der Waals surface area contributed by atoms with Crippen molar-refractivity contribution < 1.29 is 13.6 Å². The normalized spacial score (nSPS) is 14.3. The molecular formula is C11H16ClO3PS. The number of benzene rings is 1. The first kappa shape index (κ1) is 14.9. The maximum atomic E-state index is 12.3. The summed E-state index contributed by atoms with van der Waals surface area (Å²) in [5, 5.41) is 0. The first-order valence-corrected chi connectivity index (χ1v) is 8.98. The Hall–Kier alpha value is -0.150. The Kier molecular flexibility index (Phi) is 6.42. The van der Waals surface area contributed by atoms with Crippen molar-refractivity contribution in [2.24, 2.45) is 0 Å². The molecular weight excluding hydrogens is 279 g/mol. The van der Waals surface area contributed by atoms with E-state index in [1.54, 1.807) is 13.0 Å². The van der Waals surface area contributed by atoms with Gasteiger partial charge in [-0.1, -0.05) is 12.1 Å². The van der Waals surface area contributed by atoms with Gasteiger partial charge in [-0.05, 0) is 42.9 Å². The van der Waals surface area contributed by atoms with E-state index in [4.69, 9.17) is 20.6 Å². The van der Waals surface area contributed by atoms with E-state index >= 15 is 0 Å². The molecule has 0 aliphatic carbocycles. The van der Waals surface area contributed by atoms with Crippen LogP contribution in [0.25, 0.3) is 0 Å². The molecule has 0 saturated heterocycles. The Morgan fingerprint density at radius 2 is 2.24 bits per heavy atom. The number of hydrogen-bond donors (Lipinski definition) is 0. The van der Waals surface area contributed by atoms with Crippen molar-refractivity contribution in [3.05, 3.63) is 29.8 Å². The molecule has 0 aliphatic heterocycles. The molecule has 0 radical (unpaired) electrons. The van der Waals surface area contributed by atoms with Crippen LogP contribution in [0, 0.1) is 6.92 Å². The van der Waals surface area contributed by atoms with E-state index in [9.17, 15) is 4.57 Å². The van der Waals surface area contributed by atoms with Crippen LogP contribution in [-0.2, 0) is 9.09 Å². The maximum absolute atomic E-state index is 12.3. The number of halogens is 1. The van der Waals surface area contributed by atoms with Gasteiger partial charge in [0.05, 0.1) is 6.61 Å². The number of alkyl halides is 1. The molecule has 96 valence electrons. The minimum atomic E-state index is -3.15. The molecule has 0 N–H and O–H groups in total. The van der Waals surface area contributed by atoms with Gasteiger partial charge in [-0.15, -0.1) is 11.6 Å². The Morgan fingerprint density at radius 1 is 1.47 bits per heavy atom. The lowest BCUT2D eigenvalue weighted by atomic mass is 10.2. The van der Waals surface area contributed by atoms with Crippen LogP contribution >= 0.6 is 29.8 Å². The van der Waals surface area contributed by atoms with Gasteiger partial charge in [0.25, 0.3) is 0 Å². The third-order valence-corrected chi connectivity index (χ3v) is 5.98. The van der Waals surface area contributed by atoms with Gasteiger partial charge in [-0.3, -0.25) is 4.52 Å². The van der Waals surface area contributed by atoms with Gasteiger partial charge in [0.1, 0.15) is 5.75 Å². The second kappa shape index (κ2) is 7.32. The van der Waals surface area contributed by atoms with Gasteiger partial charge in [-0.2, -0.15) is 0 Å². The summed E-state index contributed by atoms with van der Waals surface area (Å²) in [6.07, 6.45) is 0. The molecule has 17 heavy (non-hydrogen) atoms. The first-order chi connectivity index (χ1) is 8.09. The summed E-state index contributed by atoms with van der Waals surface area (Å²) in [4.78, 5) is 0. The number of rotatable bonds is 7. The monoisotopic (exact) mass is 294 g/mol. The summed E-state index contributed by atoms with van der Waals surface area (Å²) in [6.45, 7) is 0.934. The summed E-state index contributed by atoms with van der Waals surface area (Å²) < 4.78 is 23.0. The molecule has 0 spiro atoms. The molecule has 3 nitrogen and oxygen atoms in total. The second-order valence-corrected chi connectivity index (χ2v) is 7.79. The van der Waals surface area contributed by atoms with Crippen molar-refractivity contribution in [3.63, 3.8) is 0 Å². The average Bonchev–Trinajstić information content (AvgIpc) is 2.27. The highest BCUT2D eigenvalue weighted by atomic mass is 35.5. The van der Waals surface area contributed by atoms with Crippen LogP contribution in [-0.4, -0.2) is 18.2 Å². The Labute approximate surface area is 111 Å². The predicted octanol–water partition coefficient (Wildman–Crippen LogP) is 4.49. The molecule has 6 heteroatoms. The Bertz CT molecular complexity index is 400. The van der Waals surface area contributed by atoms with Crippen LogP contribution in [0.3, 0.4) is 0 Å². The van der Waals surface area contributed by atoms with Crippen molar-refractivity contribution in [2.75, 3.05) is 18.2 Å². The van der Waals surface area contributed by atoms with Crippen molar-refractivity contribution in [2.45, 2.75) is 13.8 Å². The minimum Gasteiger partial charge on any atom is -0.417 e. The zero-order chi connectivity index (χ0) is 12.7. The van der Waals surface area contributed by atoms with Gasteiger partial charge in [-0.25, -0.2) is 4.57 Å². The van der Waals surface area contributed by atoms with Crippen LogP contribution in [0.1, 0.15) is 12.5 Å². The van der Waals surface area contributed by atoms with Crippen molar-refractivity contribution in [1.29, 1.82) is 0 Å². The number of aryl methyl sites for hydroxylation is 1. The first-order valence-electron chi connectivity index (χ1n) is 5.31. The van der Waals surface area contributed by atoms with Crippen LogP contribution in [0.5, 0.6) is 5.75 Å². The fraction of sp³-hybridized carbons (Fsp3) is 0.455. The van der Waals surface area contributed by atoms with Crippen molar-refractivity contribution in [3.8, 4) is 5.75 Å². The van der Waals surface area contributed by atoms with Crippen LogP contribution in [0.4, 0.5) is 0 Å². The lowest BCUT2D eigenvalue weighted by molar-refractivity contribution is 0.296. The molecule has 1 unspecified atom stereocenters. The summed E-state index contributed by atoms with van der Waals surface area (Å²) >= 11 is 6.71. The van der Waals surface area contributed by atoms with Crippen molar-refractivity contribution >= 4 is 29.8 Å². The largest absolute Gasteiger partial charge is 0.440 e. The summed E-state index contributed by atoms with van der Waals surface area (Å²) in [6, 6.07) is 7.39. The Morgan fingerprint density at radius 3 is 2.82 bits per heavy atom. The van der Waals surface area contributed by atoms with E-state index in [1.165, 1.54) is 0 Å². The highest BCUT2D eigenvalue weighted by molar-refractivity contribution is 8.55. The molecule has 0 heterocycles. The molecule has 0 aromatic heterocycles. The average molecular weight is 295 g/mol. The van der Waals surface area contributed by atoms with Gasteiger partial charge < -0.3 is 4.52 Å². The molecule has 1 aromatic rings. The highest BCUT2D eigenvalue weighted by Crippen LogP contribution is 2.59. The van der Waals surface area contributed by atoms with Crippen molar-refractivity contribution in [1.82, 2.24) is 0 Å². The van der Waals surface area contributed by atoms with Gasteiger partial charge in [0, 0.05) is 11.6 Å². The topological polar surface area (TPSA) is 35.5 Å². The highest BCUT2D eigenvalue weighted by Gasteiger charge is 2.26. The molecule has 1 atom stereocenters.